The number of fused-ring (bicyclic) bond motifs is 1. The number of carbonyl (C=O) groups excluding carboxylic acids is 2. The van der Waals surface area contributed by atoms with Gasteiger partial charge < -0.3 is 14.4 Å². The number of nitrogens with zero attached hydrogens (tertiary/aromatic N) is 1. The predicted octanol–water partition coefficient (Wildman–Crippen LogP) is 0.702. The summed E-state index contributed by atoms with van der Waals surface area (Å²) in [6.07, 6.45) is 3.00. The Labute approximate surface area is 100 Å². The predicted molar refractivity (Wildman–Crippen MR) is 60.0 cm³/mol. The molecule has 1 saturated heterocycles. The zero-order chi connectivity index (χ0) is 12.4. The van der Waals surface area contributed by atoms with Crippen LogP contribution in [0.15, 0.2) is 11.3 Å². The summed E-state index contributed by atoms with van der Waals surface area (Å²) in [5.41, 5.74) is 1.47. The van der Waals surface area contributed by atoms with Crippen LogP contribution in [0.1, 0.15) is 19.3 Å². The van der Waals surface area contributed by atoms with Gasteiger partial charge in [-0.15, -0.1) is 0 Å². The van der Waals surface area contributed by atoms with Crippen LogP contribution in [0.5, 0.6) is 0 Å². The number of hydrogen-bond donors (Lipinski definition) is 0. The summed E-state index contributed by atoms with van der Waals surface area (Å²) in [6.45, 7) is 1.45. The van der Waals surface area contributed by atoms with Crippen LogP contribution in [0.4, 0.5) is 0 Å². The molecule has 2 aliphatic heterocycles. The van der Waals surface area contributed by atoms with Crippen molar-refractivity contribution in [1.29, 1.82) is 0 Å². The molecule has 5 heteroatoms. The van der Waals surface area contributed by atoms with Crippen LogP contribution >= 0.6 is 0 Å². The van der Waals surface area contributed by atoms with Crippen molar-refractivity contribution < 1.29 is 19.1 Å². The first-order valence-electron chi connectivity index (χ1n) is 5.83. The molecule has 0 bridgehead atoms. The van der Waals surface area contributed by atoms with E-state index in [0.717, 1.165) is 31.5 Å². The minimum atomic E-state index is -0.486. The molecule has 0 aromatic carbocycles. The highest BCUT2D eigenvalue weighted by molar-refractivity contribution is 5.97. The van der Waals surface area contributed by atoms with Gasteiger partial charge in [-0.1, -0.05) is 0 Å². The summed E-state index contributed by atoms with van der Waals surface area (Å²) in [5, 5.41) is 0. The van der Waals surface area contributed by atoms with Crippen LogP contribution in [0.2, 0.25) is 0 Å². The van der Waals surface area contributed by atoms with Crippen molar-refractivity contribution in [3.63, 3.8) is 0 Å². The third-order valence-electron chi connectivity index (χ3n) is 3.43. The molecule has 2 rings (SSSR count). The second-order valence-electron chi connectivity index (χ2n) is 4.33. The average molecular weight is 239 g/mol. The Morgan fingerprint density at radius 1 is 1.24 bits per heavy atom. The van der Waals surface area contributed by atoms with E-state index in [1.165, 1.54) is 14.2 Å². The third-order valence-corrected chi connectivity index (χ3v) is 3.43. The normalized spacial score (nSPS) is 23.4. The number of allylic oxidation sites excluding steroid dienone is 1. The van der Waals surface area contributed by atoms with Gasteiger partial charge in [0.15, 0.2) is 0 Å². The summed E-state index contributed by atoms with van der Waals surface area (Å²) in [7, 11) is 2.69. The first kappa shape index (κ1) is 12.0. The second kappa shape index (κ2) is 4.77. The van der Waals surface area contributed by atoms with E-state index in [1.807, 2.05) is 0 Å². The summed E-state index contributed by atoms with van der Waals surface area (Å²) in [6, 6.07) is 0. The summed E-state index contributed by atoms with van der Waals surface area (Å²) < 4.78 is 9.53. The lowest BCUT2D eigenvalue weighted by atomic mass is 9.99. The molecule has 1 unspecified atom stereocenters. The van der Waals surface area contributed by atoms with E-state index in [2.05, 4.69) is 4.90 Å². The summed E-state index contributed by atoms with van der Waals surface area (Å²) >= 11 is 0. The first-order chi connectivity index (χ1) is 8.19. The van der Waals surface area contributed by atoms with Gasteiger partial charge in [-0.3, -0.25) is 4.79 Å². The Morgan fingerprint density at radius 2 is 2.00 bits per heavy atom. The Kier molecular flexibility index (Phi) is 3.36. The van der Waals surface area contributed by atoms with Gasteiger partial charge in [0.1, 0.15) is 5.92 Å². The number of hydrogen-bond acceptors (Lipinski definition) is 5. The van der Waals surface area contributed by atoms with Crippen LogP contribution in [0.25, 0.3) is 0 Å². The zero-order valence-electron chi connectivity index (χ0n) is 10.2. The van der Waals surface area contributed by atoms with Crippen molar-refractivity contribution in [2.24, 2.45) is 5.92 Å². The van der Waals surface area contributed by atoms with Gasteiger partial charge in [0.05, 0.1) is 19.8 Å². The van der Waals surface area contributed by atoms with Crippen molar-refractivity contribution in [1.82, 2.24) is 4.90 Å². The number of carbonyl (C=O) groups is 2. The molecule has 17 heavy (non-hydrogen) atoms. The van der Waals surface area contributed by atoms with E-state index in [-0.39, 0.29) is 5.97 Å². The van der Waals surface area contributed by atoms with E-state index in [0.29, 0.717) is 12.1 Å². The van der Waals surface area contributed by atoms with Gasteiger partial charge in [-0.2, -0.15) is 0 Å². The Balaban J connectivity index is 2.33. The molecule has 2 aliphatic rings. The lowest BCUT2D eigenvalue weighted by molar-refractivity contribution is -0.147. The number of methoxy groups -OCH3 is 2. The molecule has 0 amide bonds. The molecule has 0 aromatic heterocycles. The number of piperidine rings is 1. The maximum Gasteiger partial charge on any atom is 0.336 e. The van der Waals surface area contributed by atoms with Crippen molar-refractivity contribution in [3.8, 4) is 0 Å². The largest absolute Gasteiger partial charge is 0.468 e. The SMILES string of the molecule is COC(=O)C1=C2CCCCN2CC1C(=O)OC. The highest BCUT2D eigenvalue weighted by Crippen LogP contribution is 2.35. The van der Waals surface area contributed by atoms with E-state index in [9.17, 15) is 9.59 Å². The average Bonchev–Trinajstić information content (AvgIpc) is 2.76. The van der Waals surface area contributed by atoms with Gasteiger partial charge in [0.25, 0.3) is 0 Å². The lowest BCUT2D eigenvalue weighted by Gasteiger charge is -2.27. The van der Waals surface area contributed by atoms with Gasteiger partial charge >= 0.3 is 11.9 Å². The quantitative estimate of drug-likeness (QED) is 0.664. The van der Waals surface area contributed by atoms with Gasteiger partial charge in [0, 0.05) is 18.8 Å². The monoisotopic (exact) mass is 239 g/mol. The number of ether oxygens (including phenoxy) is 2. The molecule has 1 atom stereocenters. The maximum atomic E-state index is 11.8. The molecule has 5 nitrogen and oxygen atoms in total. The van der Waals surface area contributed by atoms with Crippen LogP contribution in [0.3, 0.4) is 0 Å². The van der Waals surface area contributed by atoms with Crippen molar-refractivity contribution in [3.05, 3.63) is 11.3 Å². The molecule has 1 fully saturated rings. The zero-order valence-corrected chi connectivity index (χ0v) is 10.2. The molecule has 0 aromatic rings. The molecule has 0 aliphatic carbocycles. The van der Waals surface area contributed by atoms with E-state index < -0.39 is 11.9 Å². The molecule has 94 valence electrons. The van der Waals surface area contributed by atoms with E-state index in [1.54, 1.807) is 0 Å². The highest BCUT2D eigenvalue weighted by Gasteiger charge is 2.41. The minimum Gasteiger partial charge on any atom is -0.468 e. The molecule has 0 N–H and O–H groups in total. The van der Waals surface area contributed by atoms with Crippen LogP contribution in [-0.2, 0) is 19.1 Å². The maximum absolute atomic E-state index is 11.8. The fourth-order valence-electron chi connectivity index (χ4n) is 2.61. The van der Waals surface area contributed by atoms with Crippen molar-refractivity contribution in [2.75, 3.05) is 27.3 Å². The van der Waals surface area contributed by atoms with Crippen molar-refractivity contribution >= 4 is 11.9 Å². The lowest BCUT2D eigenvalue weighted by Crippen LogP contribution is -2.29. The summed E-state index contributed by atoms with van der Waals surface area (Å²) in [5.74, 6) is -1.24. The Morgan fingerprint density at radius 3 is 2.65 bits per heavy atom. The first-order valence-corrected chi connectivity index (χ1v) is 5.83. The minimum absolute atomic E-state index is 0.354. The number of esters is 2. The topological polar surface area (TPSA) is 55.8 Å². The second-order valence-corrected chi connectivity index (χ2v) is 4.33. The standard InChI is InChI=1S/C12H17NO4/c1-16-11(14)8-7-13-6-4-3-5-9(13)10(8)12(15)17-2/h8H,3-7H2,1-2H3. The van der Waals surface area contributed by atoms with E-state index in [4.69, 9.17) is 9.47 Å². The molecule has 2 heterocycles. The van der Waals surface area contributed by atoms with Gasteiger partial charge in [-0.25, -0.2) is 4.79 Å². The van der Waals surface area contributed by atoms with Crippen LogP contribution < -0.4 is 0 Å². The fourth-order valence-corrected chi connectivity index (χ4v) is 2.61. The van der Waals surface area contributed by atoms with Crippen LogP contribution in [0, 0.1) is 5.92 Å². The number of rotatable bonds is 2. The van der Waals surface area contributed by atoms with E-state index >= 15 is 0 Å². The van der Waals surface area contributed by atoms with Gasteiger partial charge in [-0.05, 0) is 19.3 Å². The Bertz CT molecular complexity index is 375. The highest BCUT2D eigenvalue weighted by atomic mass is 16.5. The van der Waals surface area contributed by atoms with Gasteiger partial charge in [0.2, 0.25) is 0 Å². The molecule has 0 radical (unpaired) electrons. The summed E-state index contributed by atoms with van der Waals surface area (Å²) in [4.78, 5) is 25.6. The van der Waals surface area contributed by atoms with Crippen molar-refractivity contribution in [2.45, 2.75) is 19.3 Å². The molecule has 0 spiro atoms. The molecule has 0 saturated carbocycles. The smallest absolute Gasteiger partial charge is 0.336 e. The molecular weight excluding hydrogens is 222 g/mol. The Hall–Kier alpha value is -1.52. The van der Waals surface area contributed by atoms with Crippen LogP contribution in [-0.4, -0.2) is 44.1 Å². The third kappa shape index (κ3) is 2.01. The fraction of sp³-hybridized carbons (Fsp3) is 0.667. The molecular formula is C12H17NO4.